The summed E-state index contributed by atoms with van der Waals surface area (Å²) in [6.07, 6.45) is 0. The highest BCUT2D eigenvalue weighted by atomic mass is 16.6. The molecule has 0 saturated carbocycles. The van der Waals surface area contributed by atoms with E-state index in [0.717, 1.165) is 16.0 Å². The Balaban J connectivity index is 1.59. The van der Waals surface area contributed by atoms with E-state index in [0.29, 0.717) is 5.69 Å². The Morgan fingerprint density at radius 1 is 0.938 bits per heavy atom. The maximum absolute atomic E-state index is 13.1. The molecule has 8 nitrogen and oxygen atoms in total. The van der Waals surface area contributed by atoms with Crippen molar-refractivity contribution in [3.05, 3.63) is 104 Å². The van der Waals surface area contributed by atoms with Gasteiger partial charge < -0.3 is 4.74 Å². The van der Waals surface area contributed by atoms with Crippen LogP contribution < -0.4 is 4.90 Å². The second-order valence-corrected chi connectivity index (χ2v) is 7.41. The highest BCUT2D eigenvalue weighted by molar-refractivity contribution is 6.35. The number of hydrogen-bond acceptors (Lipinski definition) is 6. The van der Waals surface area contributed by atoms with E-state index in [1.165, 1.54) is 36.4 Å². The number of nitro groups is 1. The van der Waals surface area contributed by atoms with Crippen LogP contribution in [0.1, 0.15) is 47.8 Å². The monoisotopic (exact) mass is 430 g/mol. The number of nitrogens with zero attached hydrogens (tertiary/aromatic N) is 2. The number of fused-ring (bicyclic) bond motifs is 1. The number of rotatable bonds is 5. The van der Waals surface area contributed by atoms with E-state index in [-0.39, 0.29) is 34.5 Å². The minimum absolute atomic E-state index is 0.0758. The number of carbonyl (C=O) groups is 3. The maximum atomic E-state index is 13.1. The third-order valence-corrected chi connectivity index (χ3v) is 5.33. The molecule has 0 saturated heterocycles. The first-order valence-corrected chi connectivity index (χ1v) is 9.78. The number of ether oxygens (including phenoxy) is 1. The van der Waals surface area contributed by atoms with E-state index >= 15 is 0 Å². The summed E-state index contributed by atoms with van der Waals surface area (Å²) in [4.78, 5) is 50.2. The van der Waals surface area contributed by atoms with Crippen LogP contribution >= 0.6 is 0 Å². The summed E-state index contributed by atoms with van der Waals surface area (Å²) >= 11 is 0. The molecule has 0 fully saturated rings. The summed E-state index contributed by atoms with van der Waals surface area (Å²) in [5.41, 5.74) is 2.57. The number of esters is 1. The summed E-state index contributed by atoms with van der Waals surface area (Å²) < 4.78 is 5.22. The molecule has 160 valence electrons. The summed E-state index contributed by atoms with van der Waals surface area (Å²) in [7, 11) is 0. The Bertz CT molecular complexity index is 1280. The number of hydrogen-bond donors (Lipinski definition) is 0. The number of amides is 2. The Morgan fingerprint density at radius 2 is 1.59 bits per heavy atom. The Labute approximate surface area is 183 Å². The van der Waals surface area contributed by atoms with Crippen LogP contribution in [0.15, 0.2) is 60.7 Å². The lowest BCUT2D eigenvalue weighted by Crippen LogP contribution is -2.30. The number of para-hydroxylation sites is 2. The first kappa shape index (κ1) is 20.9. The number of aryl methyl sites for hydroxylation is 2. The first-order valence-electron chi connectivity index (χ1n) is 9.78. The molecule has 4 rings (SSSR count). The zero-order chi connectivity index (χ0) is 23.0. The molecule has 0 spiro atoms. The Hall–Kier alpha value is -4.33. The molecule has 1 heterocycles. The lowest BCUT2D eigenvalue weighted by atomic mass is 10.1. The molecule has 3 aromatic carbocycles. The predicted octanol–water partition coefficient (Wildman–Crippen LogP) is 4.37. The minimum atomic E-state index is -0.753. The van der Waals surface area contributed by atoms with Gasteiger partial charge in [-0.05, 0) is 49.2 Å². The average Bonchev–Trinajstić information content (AvgIpc) is 3.02. The molecule has 32 heavy (non-hydrogen) atoms. The van der Waals surface area contributed by atoms with Gasteiger partial charge in [-0.25, -0.2) is 9.69 Å². The Morgan fingerprint density at radius 3 is 2.28 bits per heavy atom. The van der Waals surface area contributed by atoms with Crippen LogP contribution in [0.2, 0.25) is 0 Å². The van der Waals surface area contributed by atoms with Gasteiger partial charge in [0.25, 0.3) is 17.5 Å². The quantitative estimate of drug-likeness (QED) is 0.257. The topological polar surface area (TPSA) is 107 Å². The van der Waals surface area contributed by atoms with Gasteiger partial charge in [0.1, 0.15) is 6.61 Å². The largest absolute Gasteiger partial charge is 0.457 e. The van der Waals surface area contributed by atoms with Gasteiger partial charge in [0.15, 0.2) is 0 Å². The van der Waals surface area contributed by atoms with Crippen molar-refractivity contribution < 1.29 is 24.0 Å². The Kier molecular flexibility index (Phi) is 5.28. The smallest absolute Gasteiger partial charge is 0.338 e. The molecule has 1 aliphatic rings. The minimum Gasteiger partial charge on any atom is -0.457 e. The molecule has 0 aromatic heterocycles. The highest BCUT2D eigenvalue weighted by Crippen LogP contribution is 2.33. The molecule has 0 unspecified atom stereocenters. The molecule has 8 heteroatoms. The van der Waals surface area contributed by atoms with E-state index in [9.17, 15) is 24.5 Å². The van der Waals surface area contributed by atoms with Gasteiger partial charge in [-0.3, -0.25) is 19.7 Å². The molecule has 2 amide bonds. The number of imide groups is 1. The summed E-state index contributed by atoms with van der Waals surface area (Å²) in [6.45, 7) is 3.34. The third kappa shape index (κ3) is 3.51. The standard InChI is InChI=1S/C24H18N2O6/c1-14-6-5-7-15(2)21(14)25-22(27)18-11-10-16(12-19(18)23(25)28)24(29)32-13-17-8-3-4-9-20(17)26(30)31/h3-12H,13H2,1-2H3. The van der Waals surface area contributed by atoms with Crippen molar-refractivity contribution in [3.8, 4) is 0 Å². The van der Waals surface area contributed by atoms with Gasteiger partial charge in [0.2, 0.25) is 0 Å². The first-order chi connectivity index (χ1) is 15.3. The van der Waals surface area contributed by atoms with E-state index < -0.39 is 22.7 Å². The maximum Gasteiger partial charge on any atom is 0.338 e. The fraction of sp³-hybridized carbons (Fsp3) is 0.125. The van der Waals surface area contributed by atoms with Gasteiger partial charge in [-0.1, -0.05) is 30.3 Å². The van der Waals surface area contributed by atoms with Crippen molar-refractivity contribution in [1.82, 2.24) is 0 Å². The fourth-order valence-electron chi connectivity index (χ4n) is 3.77. The second kappa shape index (κ2) is 8.07. The molecule has 0 N–H and O–H groups in total. The van der Waals surface area contributed by atoms with Gasteiger partial charge >= 0.3 is 5.97 Å². The molecule has 0 atom stereocenters. The fourth-order valence-corrected chi connectivity index (χ4v) is 3.77. The zero-order valence-electron chi connectivity index (χ0n) is 17.3. The SMILES string of the molecule is Cc1cccc(C)c1N1C(=O)c2ccc(C(=O)OCc3ccccc3[N+](=O)[O-])cc2C1=O. The van der Waals surface area contributed by atoms with Crippen molar-refractivity contribution in [1.29, 1.82) is 0 Å². The van der Waals surface area contributed by atoms with Crippen molar-refractivity contribution in [2.24, 2.45) is 0 Å². The molecule has 0 aliphatic carbocycles. The number of nitro benzene ring substituents is 1. The van der Waals surface area contributed by atoms with E-state index in [4.69, 9.17) is 4.74 Å². The van der Waals surface area contributed by atoms with E-state index in [2.05, 4.69) is 0 Å². The summed E-state index contributed by atoms with van der Waals surface area (Å²) in [5, 5.41) is 11.1. The van der Waals surface area contributed by atoms with Gasteiger partial charge in [0, 0.05) is 6.07 Å². The molecule has 0 radical (unpaired) electrons. The normalized spacial score (nSPS) is 12.6. The van der Waals surface area contributed by atoms with Crippen LogP contribution in [0.25, 0.3) is 0 Å². The summed E-state index contributed by atoms with van der Waals surface area (Å²) in [5.74, 6) is -1.73. The van der Waals surface area contributed by atoms with Crippen LogP contribution in [0.3, 0.4) is 0 Å². The number of benzene rings is 3. The van der Waals surface area contributed by atoms with Crippen LogP contribution in [0, 0.1) is 24.0 Å². The lowest BCUT2D eigenvalue weighted by Gasteiger charge is -2.19. The van der Waals surface area contributed by atoms with Crippen molar-refractivity contribution in [2.75, 3.05) is 4.90 Å². The average molecular weight is 430 g/mol. The van der Waals surface area contributed by atoms with Crippen molar-refractivity contribution in [2.45, 2.75) is 20.5 Å². The third-order valence-electron chi connectivity index (χ3n) is 5.33. The predicted molar refractivity (Wildman–Crippen MR) is 116 cm³/mol. The molecule has 3 aromatic rings. The summed E-state index contributed by atoms with van der Waals surface area (Å²) in [6, 6.07) is 15.6. The van der Waals surface area contributed by atoms with Crippen LogP contribution in [-0.2, 0) is 11.3 Å². The van der Waals surface area contributed by atoms with Crippen molar-refractivity contribution in [3.63, 3.8) is 0 Å². The van der Waals surface area contributed by atoms with E-state index in [1.807, 2.05) is 32.0 Å². The van der Waals surface area contributed by atoms with Gasteiger partial charge in [-0.2, -0.15) is 0 Å². The molecular weight excluding hydrogens is 412 g/mol. The molecule has 0 bridgehead atoms. The van der Waals surface area contributed by atoms with Crippen LogP contribution in [-0.4, -0.2) is 22.7 Å². The van der Waals surface area contributed by atoms with Gasteiger partial charge in [-0.15, -0.1) is 0 Å². The van der Waals surface area contributed by atoms with Crippen LogP contribution in [0.5, 0.6) is 0 Å². The highest BCUT2D eigenvalue weighted by Gasteiger charge is 2.38. The number of carbonyl (C=O) groups excluding carboxylic acids is 3. The van der Waals surface area contributed by atoms with Gasteiger partial charge in [0.05, 0.1) is 32.9 Å². The molecule has 1 aliphatic heterocycles. The lowest BCUT2D eigenvalue weighted by molar-refractivity contribution is -0.385. The molecular formula is C24H18N2O6. The van der Waals surface area contributed by atoms with E-state index in [1.54, 1.807) is 6.07 Å². The number of anilines is 1. The van der Waals surface area contributed by atoms with Crippen LogP contribution in [0.4, 0.5) is 11.4 Å². The van der Waals surface area contributed by atoms with Crippen molar-refractivity contribution >= 4 is 29.2 Å². The zero-order valence-corrected chi connectivity index (χ0v) is 17.3. The second-order valence-electron chi connectivity index (χ2n) is 7.41.